The lowest BCUT2D eigenvalue weighted by Gasteiger charge is -2.18. The standard InChI is InChI=1S/C25H24ClN5O6S/c1-13-9-30(10-17(32)16-11-37-12-28-16)22(33)21(23(34)35)20(13)15-7-19(27-8-14-5-6-18(26)38-14)31(29-15)24(36)25(2,3)4/h5-7,9,11-12,27H,8,10H2,1-4H3,(H,34,35). The number of carboxylic acid groups (broad SMARTS) is 1. The molecule has 0 atom stereocenters. The summed E-state index contributed by atoms with van der Waals surface area (Å²) < 4.78 is 7.61. The van der Waals surface area contributed by atoms with Crippen molar-refractivity contribution in [1.29, 1.82) is 0 Å². The Morgan fingerprint density at radius 3 is 2.55 bits per heavy atom. The molecule has 2 N–H and O–H groups in total. The van der Waals surface area contributed by atoms with E-state index in [2.05, 4.69) is 15.4 Å². The molecule has 4 heterocycles. The maximum atomic E-state index is 13.2. The molecule has 0 fully saturated rings. The number of nitrogens with one attached hydrogen (secondary N) is 1. The van der Waals surface area contributed by atoms with Crippen LogP contribution in [0.3, 0.4) is 0 Å². The number of oxazole rings is 1. The molecular formula is C25H24ClN5O6S. The first-order chi connectivity index (χ1) is 17.9. The Hall–Kier alpha value is -4.03. The predicted molar refractivity (Wildman–Crippen MR) is 141 cm³/mol. The minimum Gasteiger partial charge on any atom is -0.477 e. The molecule has 198 valence electrons. The van der Waals surface area contributed by atoms with Crippen LogP contribution < -0.4 is 10.9 Å². The SMILES string of the molecule is Cc1cn(CC(=O)c2cocn2)c(=O)c(C(=O)O)c1-c1cc(NCc2ccc(Cl)s2)n(C(=O)C(C)(C)C)n1. The van der Waals surface area contributed by atoms with E-state index >= 15 is 0 Å². The molecule has 0 aliphatic heterocycles. The van der Waals surface area contributed by atoms with E-state index in [4.69, 9.17) is 16.0 Å². The van der Waals surface area contributed by atoms with E-state index in [1.54, 1.807) is 33.8 Å². The minimum absolute atomic E-state index is 0.0117. The van der Waals surface area contributed by atoms with Crippen LogP contribution in [0.4, 0.5) is 5.82 Å². The van der Waals surface area contributed by atoms with Crippen molar-refractivity contribution in [3.05, 3.63) is 73.4 Å². The number of anilines is 1. The van der Waals surface area contributed by atoms with Crippen molar-refractivity contribution < 1.29 is 23.9 Å². The number of rotatable bonds is 8. The Bertz CT molecular complexity index is 1590. The van der Waals surface area contributed by atoms with Crippen LogP contribution in [0.15, 0.2) is 46.3 Å². The largest absolute Gasteiger partial charge is 0.477 e. The summed E-state index contributed by atoms with van der Waals surface area (Å²) in [5.41, 5.74) is -1.71. The molecule has 11 nitrogen and oxygen atoms in total. The third-order valence-electron chi connectivity index (χ3n) is 5.59. The highest BCUT2D eigenvalue weighted by Crippen LogP contribution is 2.30. The summed E-state index contributed by atoms with van der Waals surface area (Å²) in [4.78, 5) is 55.9. The quantitative estimate of drug-likeness (QED) is 0.296. The number of aryl methyl sites for hydroxylation is 1. The Labute approximate surface area is 225 Å². The number of pyridine rings is 1. The molecule has 0 saturated heterocycles. The van der Waals surface area contributed by atoms with Gasteiger partial charge in [-0.2, -0.15) is 9.78 Å². The Balaban J connectivity index is 1.80. The van der Waals surface area contributed by atoms with Crippen LogP contribution in [-0.4, -0.2) is 42.1 Å². The number of ketones is 1. The second-order valence-electron chi connectivity index (χ2n) is 9.54. The second kappa shape index (κ2) is 10.4. The van der Waals surface area contributed by atoms with Crippen molar-refractivity contribution in [2.45, 2.75) is 40.8 Å². The van der Waals surface area contributed by atoms with Gasteiger partial charge in [0.2, 0.25) is 5.78 Å². The molecule has 0 aliphatic carbocycles. The minimum atomic E-state index is -1.49. The lowest BCUT2D eigenvalue weighted by Crippen LogP contribution is -2.30. The molecule has 0 unspecified atom stereocenters. The van der Waals surface area contributed by atoms with Crippen LogP contribution in [0.2, 0.25) is 4.34 Å². The van der Waals surface area contributed by atoms with Crippen LogP contribution in [0, 0.1) is 12.3 Å². The smallest absolute Gasteiger partial charge is 0.342 e. The van der Waals surface area contributed by atoms with E-state index in [9.17, 15) is 24.3 Å². The molecular weight excluding hydrogens is 534 g/mol. The number of carboxylic acids is 1. The molecule has 0 spiro atoms. The highest BCUT2D eigenvalue weighted by molar-refractivity contribution is 7.16. The van der Waals surface area contributed by atoms with Gasteiger partial charge in [-0.05, 0) is 24.6 Å². The van der Waals surface area contributed by atoms with Crippen molar-refractivity contribution in [3.63, 3.8) is 0 Å². The summed E-state index contributed by atoms with van der Waals surface area (Å²) in [6, 6.07) is 5.13. The van der Waals surface area contributed by atoms with Gasteiger partial charge in [-0.1, -0.05) is 32.4 Å². The van der Waals surface area contributed by atoms with Crippen molar-refractivity contribution in [1.82, 2.24) is 19.3 Å². The molecule has 0 aliphatic rings. The fourth-order valence-corrected chi connectivity index (χ4v) is 4.79. The van der Waals surface area contributed by atoms with Gasteiger partial charge in [-0.15, -0.1) is 11.3 Å². The van der Waals surface area contributed by atoms with Gasteiger partial charge in [-0.25, -0.2) is 9.78 Å². The molecule has 0 aromatic carbocycles. The number of Topliss-reactive ketones (excluding diaryl/α,β-unsaturated/α-hetero) is 1. The molecule has 38 heavy (non-hydrogen) atoms. The Kier molecular flexibility index (Phi) is 7.38. The van der Waals surface area contributed by atoms with Crippen LogP contribution in [0.1, 0.15) is 56.9 Å². The van der Waals surface area contributed by atoms with E-state index in [0.717, 1.165) is 22.1 Å². The van der Waals surface area contributed by atoms with Crippen LogP contribution >= 0.6 is 22.9 Å². The number of thiophene rings is 1. The van der Waals surface area contributed by atoms with Crippen LogP contribution in [0.25, 0.3) is 11.3 Å². The molecule has 4 aromatic heterocycles. The molecule has 4 aromatic rings. The van der Waals surface area contributed by atoms with Crippen LogP contribution in [-0.2, 0) is 13.1 Å². The van der Waals surface area contributed by atoms with Gasteiger partial charge in [0.15, 0.2) is 6.39 Å². The van der Waals surface area contributed by atoms with E-state index in [1.165, 1.54) is 28.3 Å². The maximum Gasteiger partial charge on any atom is 0.342 e. The van der Waals surface area contributed by atoms with Crippen molar-refractivity contribution >= 4 is 46.4 Å². The number of hydrogen-bond donors (Lipinski definition) is 2. The van der Waals surface area contributed by atoms with Gasteiger partial charge in [0.25, 0.3) is 11.5 Å². The summed E-state index contributed by atoms with van der Waals surface area (Å²) in [6.45, 7) is 6.72. The van der Waals surface area contributed by atoms with Gasteiger partial charge in [0.1, 0.15) is 23.3 Å². The monoisotopic (exact) mass is 557 g/mol. The summed E-state index contributed by atoms with van der Waals surface area (Å²) >= 11 is 7.40. The predicted octanol–water partition coefficient (Wildman–Crippen LogP) is 4.60. The molecule has 0 saturated carbocycles. The summed E-state index contributed by atoms with van der Waals surface area (Å²) in [5.74, 6) is -2.03. The number of hydrogen-bond acceptors (Lipinski definition) is 9. The molecule has 13 heteroatoms. The third-order valence-corrected chi connectivity index (χ3v) is 6.82. The average Bonchev–Trinajstić information content (AvgIpc) is 3.59. The Morgan fingerprint density at radius 1 is 1.24 bits per heavy atom. The van der Waals surface area contributed by atoms with E-state index in [1.807, 2.05) is 6.07 Å². The van der Waals surface area contributed by atoms with Gasteiger partial charge in [0, 0.05) is 28.1 Å². The zero-order chi connectivity index (χ0) is 27.8. The fraction of sp³-hybridized carbons (Fsp3) is 0.280. The van der Waals surface area contributed by atoms with E-state index in [-0.39, 0.29) is 22.9 Å². The first-order valence-electron chi connectivity index (χ1n) is 11.4. The van der Waals surface area contributed by atoms with Crippen LogP contribution in [0.5, 0.6) is 0 Å². The lowest BCUT2D eigenvalue weighted by molar-refractivity contribution is 0.0693. The van der Waals surface area contributed by atoms with Gasteiger partial charge < -0.3 is 19.4 Å². The fourth-order valence-electron chi connectivity index (χ4n) is 3.76. The van der Waals surface area contributed by atoms with Gasteiger partial charge in [-0.3, -0.25) is 14.4 Å². The molecule has 4 rings (SSSR count). The van der Waals surface area contributed by atoms with Gasteiger partial charge >= 0.3 is 5.97 Å². The number of carbonyl (C=O) groups is 3. The zero-order valence-corrected chi connectivity index (χ0v) is 22.5. The highest BCUT2D eigenvalue weighted by atomic mass is 35.5. The third kappa shape index (κ3) is 5.46. The summed E-state index contributed by atoms with van der Waals surface area (Å²) in [7, 11) is 0. The zero-order valence-electron chi connectivity index (χ0n) is 20.9. The topological polar surface area (TPSA) is 149 Å². The average molecular weight is 558 g/mol. The maximum absolute atomic E-state index is 13.2. The number of carbonyl (C=O) groups excluding carboxylic acids is 2. The van der Waals surface area contributed by atoms with Crippen molar-refractivity contribution in [2.24, 2.45) is 5.41 Å². The number of halogens is 1. The summed E-state index contributed by atoms with van der Waals surface area (Å²) in [6.07, 6.45) is 3.61. The number of aromatic carboxylic acids is 1. The molecule has 0 bridgehead atoms. The first-order valence-corrected chi connectivity index (χ1v) is 12.6. The normalized spacial score (nSPS) is 11.5. The van der Waals surface area contributed by atoms with Gasteiger partial charge in [0.05, 0.1) is 23.1 Å². The molecule has 0 amide bonds. The highest BCUT2D eigenvalue weighted by Gasteiger charge is 2.29. The van der Waals surface area contributed by atoms with E-state index in [0.29, 0.717) is 22.3 Å². The Morgan fingerprint density at radius 2 is 1.97 bits per heavy atom. The first kappa shape index (κ1) is 27.0. The van der Waals surface area contributed by atoms with E-state index < -0.39 is 34.8 Å². The number of aromatic nitrogens is 4. The van der Waals surface area contributed by atoms with Crippen molar-refractivity contribution in [3.8, 4) is 11.3 Å². The second-order valence-corrected chi connectivity index (χ2v) is 11.3. The molecule has 0 radical (unpaired) electrons. The summed E-state index contributed by atoms with van der Waals surface area (Å²) in [5, 5.41) is 17.6. The lowest BCUT2D eigenvalue weighted by atomic mass is 9.96. The van der Waals surface area contributed by atoms with Crippen molar-refractivity contribution in [2.75, 3.05) is 5.32 Å². The number of nitrogens with zero attached hydrogens (tertiary/aromatic N) is 4.